The second-order valence-corrected chi connectivity index (χ2v) is 6.25. The zero-order valence-corrected chi connectivity index (χ0v) is 12.2. The monoisotopic (exact) mass is 305 g/mol. The summed E-state index contributed by atoms with van der Waals surface area (Å²) in [7, 11) is 0. The van der Waals surface area contributed by atoms with Crippen molar-refractivity contribution >= 4 is 34.8 Å². The molecule has 0 aromatic heterocycles. The second kappa shape index (κ2) is 4.75. The number of halogens is 3. The first-order chi connectivity index (χ1) is 8.56. The molecule has 1 aliphatic carbocycles. The van der Waals surface area contributed by atoms with E-state index in [2.05, 4.69) is 5.32 Å². The van der Waals surface area contributed by atoms with Gasteiger partial charge in [-0.3, -0.25) is 0 Å². The summed E-state index contributed by atoms with van der Waals surface area (Å²) < 4.78 is 5.82. The molecule has 0 radical (unpaired) electrons. The zero-order chi connectivity index (χ0) is 12.9. The standard InChI is InChI=1S/C13H14Cl3NO/c1-6-4-10(17-7-2-3-7)11-12(16)8(14)5-9(15)13(11)18-6/h5-7,10,17H,2-4H2,1H3. The highest BCUT2D eigenvalue weighted by atomic mass is 35.5. The number of ether oxygens (including phenoxy) is 1. The summed E-state index contributed by atoms with van der Waals surface area (Å²) in [6, 6.07) is 2.43. The van der Waals surface area contributed by atoms with E-state index in [4.69, 9.17) is 39.5 Å². The van der Waals surface area contributed by atoms with Crippen LogP contribution in [0.3, 0.4) is 0 Å². The SMILES string of the molecule is CC1CC(NC2CC2)c2c(Cl)c(Cl)cc(Cl)c2O1. The fraction of sp³-hybridized carbons (Fsp3) is 0.538. The Kier molecular flexibility index (Phi) is 3.39. The van der Waals surface area contributed by atoms with E-state index in [-0.39, 0.29) is 12.1 Å². The maximum atomic E-state index is 6.32. The van der Waals surface area contributed by atoms with Crippen LogP contribution in [0.15, 0.2) is 6.07 Å². The van der Waals surface area contributed by atoms with Crippen molar-refractivity contribution in [1.29, 1.82) is 0 Å². The predicted octanol–water partition coefficient (Wildman–Crippen LogP) is 4.61. The van der Waals surface area contributed by atoms with Gasteiger partial charge in [0.15, 0.2) is 0 Å². The smallest absolute Gasteiger partial charge is 0.144 e. The van der Waals surface area contributed by atoms with Gasteiger partial charge in [-0.2, -0.15) is 0 Å². The molecule has 0 bridgehead atoms. The Hall–Kier alpha value is -0.150. The van der Waals surface area contributed by atoms with Crippen LogP contribution >= 0.6 is 34.8 Å². The summed E-state index contributed by atoms with van der Waals surface area (Å²) >= 11 is 18.6. The molecule has 2 aliphatic rings. The van der Waals surface area contributed by atoms with Crippen molar-refractivity contribution in [3.05, 3.63) is 26.7 Å². The van der Waals surface area contributed by atoms with Crippen molar-refractivity contribution in [2.75, 3.05) is 0 Å². The average Bonchev–Trinajstić information content (AvgIpc) is 3.09. The van der Waals surface area contributed by atoms with Gasteiger partial charge in [0.2, 0.25) is 0 Å². The molecule has 2 atom stereocenters. The highest BCUT2D eigenvalue weighted by molar-refractivity contribution is 6.44. The lowest BCUT2D eigenvalue weighted by Crippen LogP contribution is -2.33. The normalized spacial score (nSPS) is 26.7. The van der Waals surface area contributed by atoms with E-state index >= 15 is 0 Å². The number of nitrogens with one attached hydrogen (secondary N) is 1. The molecule has 18 heavy (non-hydrogen) atoms. The second-order valence-electron chi connectivity index (χ2n) is 5.05. The third-order valence-corrected chi connectivity index (χ3v) is 4.49. The van der Waals surface area contributed by atoms with Gasteiger partial charge < -0.3 is 10.1 Å². The fourth-order valence-electron chi connectivity index (χ4n) is 2.41. The van der Waals surface area contributed by atoms with Crippen LogP contribution in [0.1, 0.15) is 37.8 Å². The Labute approximate surface area is 122 Å². The first-order valence-corrected chi connectivity index (χ1v) is 7.29. The Morgan fingerprint density at radius 1 is 1.22 bits per heavy atom. The highest BCUT2D eigenvalue weighted by Gasteiger charge is 2.34. The van der Waals surface area contributed by atoms with E-state index in [1.165, 1.54) is 12.8 Å². The molecule has 98 valence electrons. The van der Waals surface area contributed by atoms with Crippen LogP contribution < -0.4 is 10.1 Å². The van der Waals surface area contributed by atoms with Crippen molar-refractivity contribution < 1.29 is 4.74 Å². The quantitative estimate of drug-likeness (QED) is 0.806. The maximum Gasteiger partial charge on any atom is 0.144 e. The van der Waals surface area contributed by atoms with Gasteiger partial charge in [0.05, 0.1) is 21.2 Å². The summed E-state index contributed by atoms with van der Waals surface area (Å²) in [5.74, 6) is 0.683. The van der Waals surface area contributed by atoms with Gasteiger partial charge in [0, 0.05) is 24.1 Å². The molecule has 2 nitrogen and oxygen atoms in total. The summed E-state index contributed by atoms with van der Waals surface area (Å²) in [5, 5.41) is 5.17. The molecule has 0 amide bonds. The minimum absolute atomic E-state index is 0.128. The predicted molar refractivity (Wildman–Crippen MR) is 75.1 cm³/mol. The zero-order valence-electron chi connectivity index (χ0n) is 9.97. The van der Waals surface area contributed by atoms with Gasteiger partial charge in [-0.25, -0.2) is 0 Å². The Balaban J connectivity index is 2.05. The largest absolute Gasteiger partial charge is 0.489 e. The van der Waals surface area contributed by atoms with Gasteiger partial charge in [0.1, 0.15) is 5.75 Å². The summed E-state index contributed by atoms with van der Waals surface area (Å²) in [6.45, 7) is 2.04. The first kappa shape index (κ1) is 12.9. The highest BCUT2D eigenvalue weighted by Crippen LogP contribution is 2.47. The molecule has 1 aromatic carbocycles. The van der Waals surface area contributed by atoms with Gasteiger partial charge in [-0.05, 0) is 25.8 Å². The molecule has 3 rings (SSSR count). The number of hydrogen-bond donors (Lipinski definition) is 1. The van der Waals surface area contributed by atoms with Crippen LogP contribution in [-0.2, 0) is 0 Å². The van der Waals surface area contributed by atoms with Gasteiger partial charge in [-0.1, -0.05) is 34.8 Å². The van der Waals surface area contributed by atoms with Crippen LogP contribution in [-0.4, -0.2) is 12.1 Å². The molecule has 1 heterocycles. The molecule has 1 saturated carbocycles. The van der Waals surface area contributed by atoms with E-state index in [1.807, 2.05) is 6.92 Å². The van der Waals surface area contributed by atoms with Gasteiger partial charge in [-0.15, -0.1) is 0 Å². The van der Waals surface area contributed by atoms with Crippen molar-refractivity contribution in [1.82, 2.24) is 5.32 Å². The molecule has 0 spiro atoms. The lowest BCUT2D eigenvalue weighted by Gasteiger charge is -2.32. The molecule has 1 aliphatic heterocycles. The van der Waals surface area contributed by atoms with E-state index < -0.39 is 0 Å². The van der Waals surface area contributed by atoms with Crippen LogP contribution in [0.2, 0.25) is 15.1 Å². The van der Waals surface area contributed by atoms with Crippen molar-refractivity contribution in [3.8, 4) is 5.75 Å². The molecule has 0 saturated heterocycles. The number of rotatable bonds is 2. The molecule has 5 heteroatoms. The van der Waals surface area contributed by atoms with Crippen molar-refractivity contribution in [3.63, 3.8) is 0 Å². The van der Waals surface area contributed by atoms with E-state index in [9.17, 15) is 0 Å². The lowest BCUT2D eigenvalue weighted by atomic mass is 9.96. The minimum Gasteiger partial charge on any atom is -0.489 e. The number of benzene rings is 1. The van der Waals surface area contributed by atoms with Crippen LogP contribution in [0.25, 0.3) is 0 Å². The molecule has 1 N–H and O–H groups in total. The summed E-state index contributed by atoms with van der Waals surface area (Å²) in [6.07, 6.45) is 3.48. The average molecular weight is 307 g/mol. The topological polar surface area (TPSA) is 21.3 Å². The molecule has 2 unspecified atom stereocenters. The van der Waals surface area contributed by atoms with E-state index in [1.54, 1.807) is 6.07 Å². The fourth-order valence-corrected chi connectivity index (χ4v) is 3.21. The van der Waals surface area contributed by atoms with Gasteiger partial charge >= 0.3 is 0 Å². The van der Waals surface area contributed by atoms with Crippen LogP contribution in [0.4, 0.5) is 0 Å². The lowest BCUT2D eigenvalue weighted by molar-refractivity contribution is 0.166. The van der Waals surface area contributed by atoms with Crippen molar-refractivity contribution in [2.24, 2.45) is 0 Å². The molecule has 1 fully saturated rings. The Morgan fingerprint density at radius 3 is 2.61 bits per heavy atom. The first-order valence-electron chi connectivity index (χ1n) is 6.16. The maximum absolute atomic E-state index is 6.32. The molecular formula is C13H14Cl3NO. The van der Waals surface area contributed by atoms with Crippen molar-refractivity contribution in [2.45, 2.75) is 44.4 Å². The number of fused-ring (bicyclic) bond motifs is 1. The summed E-state index contributed by atoms with van der Waals surface area (Å²) in [5.41, 5.74) is 0.916. The van der Waals surface area contributed by atoms with Crippen LogP contribution in [0.5, 0.6) is 5.75 Å². The van der Waals surface area contributed by atoms with Crippen LogP contribution in [0, 0.1) is 0 Å². The molecule has 1 aromatic rings. The Bertz CT molecular complexity index is 488. The minimum atomic E-state index is 0.128. The number of hydrogen-bond acceptors (Lipinski definition) is 2. The van der Waals surface area contributed by atoms with Gasteiger partial charge in [0.25, 0.3) is 0 Å². The summed E-state index contributed by atoms with van der Waals surface area (Å²) in [4.78, 5) is 0. The van der Waals surface area contributed by atoms with E-state index in [0.717, 1.165) is 12.0 Å². The van der Waals surface area contributed by atoms with E-state index in [0.29, 0.717) is 26.9 Å². The molecular weight excluding hydrogens is 293 g/mol. The third kappa shape index (κ3) is 2.32. The third-order valence-electron chi connectivity index (χ3n) is 3.41. The Morgan fingerprint density at radius 2 is 1.94 bits per heavy atom.